The lowest BCUT2D eigenvalue weighted by molar-refractivity contribution is 0.0694. The standard InChI is InChI=1S/C14H18FNO2/c1-9-5-10(9)7-16(2)8-11-6-12(15)3-4-13(11)14(17)18/h3-4,6,9-10H,5,7-8H2,1-2H3,(H,17,18). The van der Waals surface area contributed by atoms with Gasteiger partial charge in [-0.05, 0) is 49.1 Å². The molecule has 0 aromatic heterocycles. The molecule has 2 atom stereocenters. The molecule has 18 heavy (non-hydrogen) atoms. The molecule has 98 valence electrons. The molecule has 2 unspecified atom stereocenters. The van der Waals surface area contributed by atoms with Gasteiger partial charge in [0.1, 0.15) is 5.82 Å². The van der Waals surface area contributed by atoms with Gasteiger partial charge >= 0.3 is 5.97 Å². The van der Waals surface area contributed by atoms with Crippen LogP contribution in [0.1, 0.15) is 29.3 Å². The third-order valence-corrected chi connectivity index (χ3v) is 3.56. The Kier molecular flexibility index (Phi) is 3.66. The topological polar surface area (TPSA) is 40.5 Å². The van der Waals surface area contributed by atoms with Gasteiger partial charge in [-0.15, -0.1) is 0 Å². The number of halogens is 1. The number of carboxylic acid groups (broad SMARTS) is 1. The quantitative estimate of drug-likeness (QED) is 0.874. The summed E-state index contributed by atoms with van der Waals surface area (Å²) in [6.07, 6.45) is 1.24. The lowest BCUT2D eigenvalue weighted by Crippen LogP contribution is -2.22. The van der Waals surface area contributed by atoms with Gasteiger partial charge in [-0.25, -0.2) is 9.18 Å². The van der Waals surface area contributed by atoms with Crippen LogP contribution in [0.4, 0.5) is 4.39 Å². The van der Waals surface area contributed by atoms with Crippen molar-refractivity contribution in [1.29, 1.82) is 0 Å². The molecule has 1 saturated carbocycles. The average Bonchev–Trinajstić information content (AvgIpc) is 2.93. The highest BCUT2D eigenvalue weighted by Gasteiger charge is 2.33. The fourth-order valence-corrected chi connectivity index (χ4v) is 2.31. The number of rotatable bonds is 5. The first-order valence-corrected chi connectivity index (χ1v) is 6.17. The van der Waals surface area contributed by atoms with Crippen LogP contribution >= 0.6 is 0 Å². The number of carbonyl (C=O) groups is 1. The molecule has 0 heterocycles. The van der Waals surface area contributed by atoms with Gasteiger partial charge in [-0.3, -0.25) is 0 Å². The lowest BCUT2D eigenvalue weighted by Gasteiger charge is -2.17. The van der Waals surface area contributed by atoms with Crippen molar-refractivity contribution >= 4 is 5.97 Å². The van der Waals surface area contributed by atoms with E-state index >= 15 is 0 Å². The minimum atomic E-state index is -1.00. The van der Waals surface area contributed by atoms with Crippen LogP contribution in [0.15, 0.2) is 18.2 Å². The molecule has 2 rings (SSSR count). The van der Waals surface area contributed by atoms with Gasteiger partial charge < -0.3 is 10.0 Å². The summed E-state index contributed by atoms with van der Waals surface area (Å²) < 4.78 is 13.2. The number of hydrogen-bond acceptors (Lipinski definition) is 2. The first kappa shape index (κ1) is 13.0. The summed E-state index contributed by atoms with van der Waals surface area (Å²) in [6, 6.07) is 3.84. The minimum Gasteiger partial charge on any atom is -0.478 e. The van der Waals surface area contributed by atoms with Gasteiger partial charge in [-0.1, -0.05) is 6.92 Å². The molecule has 1 aromatic carbocycles. The zero-order chi connectivity index (χ0) is 13.3. The summed E-state index contributed by atoms with van der Waals surface area (Å²) in [5.41, 5.74) is 0.727. The number of aromatic carboxylic acids is 1. The van der Waals surface area contributed by atoms with Gasteiger partial charge in [-0.2, -0.15) is 0 Å². The third-order valence-electron chi connectivity index (χ3n) is 3.56. The highest BCUT2D eigenvalue weighted by molar-refractivity contribution is 5.89. The van der Waals surface area contributed by atoms with Crippen molar-refractivity contribution in [2.75, 3.05) is 13.6 Å². The van der Waals surface area contributed by atoms with Crippen LogP contribution in [-0.2, 0) is 6.54 Å². The molecule has 1 N–H and O–H groups in total. The SMILES string of the molecule is CC1CC1CN(C)Cc1cc(F)ccc1C(=O)O. The molecule has 1 aliphatic carbocycles. The largest absolute Gasteiger partial charge is 0.478 e. The second kappa shape index (κ2) is 5.06. The Labute approximate surface area is 106 Å². The maximum Gasteiger partial charge on any atom is 0.336 e. The lowest BCUT2D eigenvalue weighted by atomic mass is 10.1. The van der Waals surface area contributed by atoms with E-state index in [1.54, 1.807) is 0 Å². The predicted molar refractivity (Wildman–Crippen MR) is 67.0 cm³/mol. The highest BCUT2D eigenvalue weighted by atomic mass is 19.1. The smallest absolute Gasteiger partial charge is 0.336 e. The van der Waals surface area contributed by atoms with E-state index in [0.717, 1.165) is 12.5 Å². The van der Waals surface area contributed by atoms with E-state index in [-0.39, 0.29) is 11.4 Å². The fourth-order valence-electron chi connectivity index (χ4n) is 2.31. The first-order chi connectivity index (χ1) is 8.47. The average molecular weight is 251 g/mol. The summed E-state index contributed by atoms with van der Waals surface area (Å²) in [7, 11) is 1.95. The summed E-state index contributed by atoms with van der Waals surface area (Å²) in [5.74, 6) is 0.0807. The normalized spacial score (nSPS) is 22.2. The van der Waals surface area contributed by atoms with Crippen molar-refractivity contribution in [2.24, 2.45) is 11.8 Å². The van der Waals surface area contributed by atoms with Crippen molar-refractivity contribution in [3.8, 4) is 0 Å². The van der Waals surface area contributed by atoms with Crippen molar-refractivity contribution in [3.05, 3.63) is 35.1 Å². The summed E-state index contributed by atoms with van der Waals surface area (Å²) in [5, 5.41) is 9.06. The first-order valence-electron chi connectivity index (χ1n) is 6.17. The molecular formula is C14H18FNO2. The van der Waals surface area contributed by atoms with Crippen LogP contribution in [0.25, 0.3) is 0 Å². The fraction of sp³-hybridized carbons (Fsp3) is 0.500. The Morgan fingerprint density at radius 3 is 2.78 bits per heavy atom. The van der Waals surface area contributed by atoms with E-state index in [9.17, 15) is 9.18 Å². The third kappa shape index (κ3) is 3.07. The second-order valence-electron chi connectivity index (χ2n) is 5.28. The van der Waals surface area contributed by atoms with Gasteiger partial charge in [0.2, 0.25) is 0 Å². The Bertz CT molecular complexity index is 461. The molecule has 0 saturated heterocycles. The van der Waals surface area contributed by atoms with Gasteiger partial charge in [0.25, 0.3) is 0 Å². The Hall–Kier alpha value is -1.42. The zero-order valence-corrected chi connectivity index (χ0v) is 10.7. The number of hydrogen-bond donors (Lipinski definition) is 1. The zero-order valence-electron chi connectivity index (χ0n) is 10.7. The molecule has 3 nitrogen and oxygen atoms in total. The van der Waals surface area contributed by atoms with Gasteiger partial charge in [0, 0.05) is 13.1 Å². The van der Waals surface area contributed by atoms with Crippen molar-refractivity contribution < 1.29 is 14.3 Å². The monoisotopic (exact) mass is 251 g/mol. The van der Waals surface area contributed by atoms with E-state index in [2.05, 4.69) is 11.8 Å². The molecule has 0 bridgehead atoms. The minimum absolute atomic E-state index is 0.187. The van der Waals surface area contributed by atoms with Crippen molar-refractivity contribution in [1.82, 2.24) is 4.90 Å². The van der Waals surface area contributed by atoms with Gasteiger partial charge in [0.05, 0.1) is 5.56 Å². The molecule has 0 radical (unpaired) electrons. The highest BCUT2D eigenvalue weighted by Crippen LogP contribution is 2.38. The van der Waals surface area contributed by atoms with Crippen LogP contribution in [-0.4, -0.2) is 29.6 Å². The molecule has 0 aliphatic heterocycles. The van der Waals surface area contributed by atoms with E-state index in [4.69, 9.17) is 5.11 Å². The molecule has 1 aromatic rings. The predicted octanol–water partition coefficient (Wildman–Crippen LogP) is 2.61. The Balaban J connectivity index is 2.06. The molecule has 0 spiro atoms. The maximum absolute atomic E-state index is 13.2. The van der Waals surface area contributed by atoms with Crippen LogP contribution in [0, 0.1) is 17.7 Å². The summed E-state index contributed by atoms with van der Waals surface area (Å²) in [6.45, 7) is 3.63. The number of carboxylic acids is 1. The van der Waals surface area contributed by atoms with E-state index < -0.39 is 5.97 Å². The van der Waals surface area contributed by atoms with E-state index in [1.165, 1.54) is 24.6 Å². The maximum atomic E-state index is 13.2. The molecule has 1 aliphatic rings. The molecule has 4 heteroatoms. The van der Waals surface area contributed by atoms with Crippen LogP contribution in [0.5, 0.6) is 0 Å². The van der Waals surface area contributed by atoms with Crippen molar-refractivity contribution in [2.45, 2.75) is 19.9 Å². The van der Waals surface area contributed by atoms with Crippen LogP contribution in [0.3, 0.4) is 0 Å². The van der Waals surface area contributed by atoms with Crippen molar-refractivity contribution in [3.63, 3.8) is 0 Å². The Morgan fingerprint density at radius 1 is 1.56 bits per heavy atom. The summed E-state index contributed by atoms with van der Waals surface area (Å²) >= 11 is 0. The summed E-state index contributed by atoms with van der Waals surface area (Å²) in [4.78, 5) is 13.1. The second-order valence-corrected chi connectivity index (χ2v) is 5.28. The van der Waals surface area contributed by atoms with Gasteiger partial charge in [0.15, 0.2) is 0 Å². The number of nitrogens with zero attached hydrogens (tertiary/aromatic N) is 1. The van der Waals surface area contributed by atoms with E-state index in [1.807, 2.05) is 7.05 Å². The van der Waals surface area contributed by atoms with Crippen LogP contribution < -0.4 is 0 Å². The van der Waals surface area contributed by atoms with Crippen LogP contribution in [0.2, 0.25) is 0 Å². The van der Waals surface area contributed by atoms with E-state index in [0.29, 0.717) is 18.0 Å². The number of benzene rings is 1. The molecular weight excluding hydrogens is 233 g/mol. The Morgan fingerprint density at radius 2 is 2.22 bits per heavy atom. The molecule has 1 fully saturated rings. The molecule has 0 amide bonds.